The van der Waals surface area contributed by atoms with E-state index in [1.54, 1.807) is 30.3 Å². The molecule has 3 N–H and O–H groups in total. The van der Waals surface area contributed by atoms with Crippen LogP contribution >= 0.6 is 27.5 Å². The van der Waals surface area contributed by atoms with E-state index in [9.17, 15) is 18.0 Å². The standard InChI is InChI=1S/C21H18BrClN4O6S/c1-32-19-9-4-14(23)10-18(19)26-20(28)21(29)27-24-11-15-5-6-16(33-15)12-25-34(30,31)17-7-2-13(22)3-8-17/h2-11,25H,12H2,1H3,(H,26,28)(H,27,29)/b24-11+. The van der Waals surface area contributed by atoms with Gasteiger partial charge in [0.2, 0.25) is 10.0 Å². The molecule has 0 radical (unpaired) electrons. The third-order valence-corrected chi connectivity index (χ3v) is 6.40. The van der Waals surface area contributed by atoms with Crippen LogP contribution in [0, 0.1) is 0 Å². The SMILES string of the molecule is COc1ccc(Cl)cc1NC(=O)C(=O)N/N=C/c1ccc(CNS(=O)(=O)c2ccc(Br)cc2)o1. The number of furan rings is 1. The fourth-order valence-electron chi connectivity index (χ4n) is 2.58. The van der Waals surface area contributed by atoms with Gasteiger partial charge in [-0.15, -0.1) is 0 Å². The lowest BCUT2D eigenvalue weighted by molar-refractivity contribution is -0.136. The number of hydrazone groups is 1. The van der Waals surface area contributed by atoms with Crippen LogP contribution < -0.4 is 20.2 Å². The summed E-state index contributed by atoms with van der Waals surface area (Å²) in [6.45, 7) is -0.0948. The first-order valence-electron chi connectivity index (χ1n) is 9.50. The number of carbonyl (C=O) groups is 2. The van der Waals surface area contributed by atoms with Gasteiger partial charge >= 0.3 is 11.8 Å². The summed E-state index contributed by atoms with van der Waals surface area (Å²) in [5.74, 6) is -1.14. The van der Waals surface area contributed by atoms with Gasteiger partial charge in [0.25, 0.3) is 0 Å². The first-order chi connectivity index (χ1) is 16.2. The summed E-state index contributed by atoms with van der Waals surface area (Å²) in [5.41, 5.74) is 2.29. The molecule has 2 aromatic carbocycles. The normalized spacial score (nSPS) is 11.4. The number of rotatable bonds is 8. The van der Waals surface area contributed by atoms with Crippen LogP contribution in [-0.4, -0.2) is 33.6 Å². The largest absolute Gasteiger partial charge is 0.495 e. The van der Waals surface area contributed by atoms with Crippen molar-refractivity contribution in [2.75, 3.05) is 12.4 Å². The Kier molecular flexibility index (Phi) is 8.45. The number of hydrogen-bond donors (Lipinski definition) is 3. The maximum absolute atomic E-state index is 12.3. The zero-order valence-electron chi connectivity index (χ0n) is 17.5. The molecule has 10 nitrogen and oxygen atoms in total. The average molecular weight is 570 g/mol. The van der Waals surface area contributed by atoms with Crippen LogP contribution in [0.4, 0.5) is 5.69 Å². The molecule has 2 amide bonds. The van der Waals surface area contributed by atoms with Crippen molar-refractivity contribution in [1.29, 1.82) is 0 Å². The Morgan fingerprint density at radius 2 is 1.85 bits per heavy atom. The topological polar surface area (TPSA) is 139 Å². The molecule has 0 saturated carbocycles. The zero-order chi connectivity index (χ0) is 24.7. The Hall–Kier alpha value is -3.19. The first kappa shape index (κ1) is 25.4. The minimum absolute atomic E-state index is 0.0948. The van der Waals surface area contributed by atoms with Crippen molar-refractivity contribution < 1.29 is 27.2 Å². The van der Waals surface area contributed by atoms with E-state index in [0.29, 0.717) is 16.5 Å². The second-order valence-electron chi connectivity index (χ2n) is 6.58. The molecule has 0 aliphatic carbocycles. The highest BCUT2D eigenvalue weighted by molar-refractivity contribution is 9.10. The fourth-order valence-corrected chi connectivity index (χ4v) is 4.01. The number of amides is 2. The molecular formula is C21H18BrClN4O6S. The summed E-state index contributed by atoms with van der Waals surface area (Å²) in [5, 5.41) is 6.39. The Labute approximate surface area is 208 Å². The number of methoxy groups -OCH3 is 1. The van der Waals surface area contributed by atoms with Gasteiger partial charge < -0.3 is 14.5 Å². The number of nitrogens with one attached hydrogen (secondary N) is 3. The molecule has 3 rings (SSSR count). The lowest BCUT2D eigenvalue weighted by Gasteiger charge is -2.09. The maximum atomic E-state index is 12.3. The van der Waals surface area contributed by atoms with E-state index < -0.39 is 21.8 Å². The van der Waals surface area contributed by atoms with Gasteiger partial charge in [0.1, 0.15) is 17.3 Å². The monoisotopic (exact) mass is 568 g/mol. The van der Waals surface area contributed by atoms with Crippen LogP contribution in [0.3, 0.4) is 0 Å². The van der Waals surface area contributed by atoms with E-state index in [1.165, 1.54) is 31.4 Å². The molecule has 0 spiro atoms. The van der Waals surface area contributed by atoms with E-state index >= 15 is 0 Å². The Balaban J connectivity index is 1.52. The van der Waals surface area contributed by atoms with Crippen LogP contribution in [-0.2, 0) is 26.2 Å². The first-order valence-corrected chi connectivity index (χ1v) is 12.2. The van der Waals surface area contributed by atoms with Gasteiger partial charge in [-0.1, -0.05) is 27.5 Å². The second kappa shape index (κ2) is 11.3. The van der Waals surface area contributed by atoms with Crippen LogP contribution in [0.1, 0.15) is 11.5 Å². The van der Waals surface area contributed by atoms with E-state index in [0.717, 1.165) is 10.7 Å². The Morgan fingerprint density at radius 3 is 2.56 bits per heavy atom. The fraction of sp³-hybridized carbons (Fsp3) is 0.0952. The third-order valence-electron chi connectivity index (χ3n) is 4.22. The summed E-state index contributed by atoms with van der Waals surface area (Å²) in [4.78, 5) is 24.2. The zero-order valence-corrected chi connectivity index (χ0v) is 20.7. The summed E-state index contributed by atoms with van der Waals surface area (Å²) in [6, 6.07) is 13.8. The Bertz CT molecular complexity index is 1330. The molecule has 34 heavy (non-hydrogen) atoms. The number of sulfonamides is 1. The highest BCUT2D eigenvalue weighted by Crippen LogP contribution is 2.27. The molecule has 0 fully saturated rings. The Morgan fingerprint density at radius 1 is 1.12 bits per heavy atom. The van der Waals surface area contributed by atoms with Gasteiger partial charge in [-0.25, -0.2) is 18.6 Å². The molecule has 0 unspecified atom stereocenters. The van der Waals surface area contributed by atoms with Crippen molar-refractivity contribution in [1.82, 2.24) is 10.1 Å². The van der Waals surface area contributed by atoms with Crippen LogP contribution in [0.5, 0.6) is 5.75 Å². The quantitative estimate of drug-likeness (QED) is 0.216. The molecule has 0 saturated heterocycles. The number of carbonyl (C=O) groups excluding carboxylic acids is 2. The number of hydrogen-bond acceptors (Lipinski definition) is 7. The lowest BCUT2D eigenvalue weighted by Crippen LogP contribution is -2.32. The van der Waals surface area contributed by atoms with Gasteiger partial charge in [-0.3, -0.25) is 9.59 Å². The summed E-state index contributed by atoms with van der Waals surface area (Å²) >= 11 is 9.14. The summed E-state index contributed by atoms with van der Waals surface area (Å²) < 4.78 is 38.4. The highest BCUT2D eigenvalue weighted by atomic mass is 79.9. The van der Waals surface area contributed by atoms with Gasteiger partial charge in [0, 0.05) is 9.50 Å². The minimum atomic E-state index is -3.72. The van der Waals surface area contributed by atoms with Gasteiger partial charge in [0.15, 0.2) is 0 Å². The number of nitrogens with zero attached hydrogens (tertiary/aromatic N) is 1. The number of ether oxygens (including phenoxy) is 1. The van der Waals surface area contributed by atoms with Crippen molar-refractivity contribution >= 4 is 61.3 Å². The van der Waals surface area contributed by atoms with Gasteiger partial charge in [-0.05, 0) is 54.6 Å². The van der Waals surface area contributed by atoms with E-state index in [-0.39, 0.29) is 22.9 Å². The van der Waals surface area contributed by atoms with Crippen LogP contribution in [0.25, 0.3) is 0 Å². The number of benzene rings is 2. The molecule has 0 atom stereocenters. The van der Waals surface area contributed by atoms with Crippen molar-refractivity contribution in [2.24, 2.45) is 5.10 Å². The maximum Gasteiger partial charge on any atom is 0.329 e. The van der Waals surface area contributed by atoms with Crippen molar-refractivity contribution in [3.05, 3.63) is 75.6 Å². The van der Waals surface area contributed by atoms with Crippen LogP contribution in [0.2, 0.25) is 5.02 Å². The third kappa shape index (κ3) is 6.90. The molecule has 3 aromatic rings. The van der Waals surface area contributed by atoms with E-state index in [4.69, 9.17) is 20.8 Å². The molecule has 178 valence electrons. The van der Waals surface area contributed by atoms with Crippen molar-refractivity contribution in [3.8, 4) is 5.75 Å². The van der Waals surface area contributed by atoms with Crippen molar-refractivity contribution in [3.63, 3.8) is 0 Å². The highest BCUT2D eigenvalue weighted by Gasteiger charge is 2.16. The van der Waals surface area contributed by atoms with E-state index in [1.807, 2.05) is 0 Å². The predicted octanol–water partition coefficient (Wildman–Crippen LogP) is 3.27. The summed E-state index contributed by atoms with van der Waals surface area (Å²) in [6.07, 6.45) is 1.16. The summed E-state index contributed by atoms with van der Waals surface area (Å²) in [7, 11) is -2.31. The van der Waals surface area contributed by atoms with Crippen molar-refractivity contribution in [2.45, 2.75) is 11.4 Å². The van der Waals surface area contributed by atoms with E-state index in [2.05, 4.69) is 36.5 Å². The average Bonchev–Trinajstić information content (AvgIpc) is 3.26. The molecule has 0 aliphatic heterocycles. The molecule has 0 aliphatic rings. The lowest BCUT2D eigenvalue weighted by atomic mass is 10.3. The molecule has 13 heteroatoms. The second-order valence-corrected chi connectivity index (χ2v) is 9.70. The van der Waals surface area contributed by atoms with Crippen LogP contribution in [0.15, 0.2) is 73.5 Å². The smallest absolute Gasteiger partial charge is 0.329 e. The molecular weight excluding hydrogens is 552 g/mol. The van der Waals surface area contributed by atoms with Gasteiger partial charge in [0.05, 0.1) is 30.5 Å². The molecule has 0 bridgehead atoms. The molecule has 1 aromatic heterocycles. The predicted molar refractivity (Wildman–Crippen MR) is 129 cm³/mol. The minimum Gasteiger partial charge on any atom is -0.495 e. The number of anilines is 1. The van der Waals surface area contributed by atoms with Gasteiger partial charge in [-0.2, -0.15) is 5.10 Å². The molecule has 1 heterocycles. The number of halogens is 2.